The number of likely N-dealkylation sites (tertiary alicyclic amines) is 1. The zero-order valence-electron chi connectivity index (χ0n) is 10.1. The second-order valence-corrected chi connectivity index (χ2v) is 5.24. The summed E-state index contributed by atoms with van der Waals surface area (Å²) in [5.74, 6) is 1.27. The van der Waals surface area contributed by atoms with Gasteiger partial charge in [0.05, 0.1) is 0 Å². The zero-order valence-corrected chi connectivity index (χ0v) is 10.1. The third-order valence-corrected chi connectivity index (χ3v) is 4.57. The summed E-state index contributed by atoms with van der Waals surface area (Å²) in [5, 5.41) is 0. The fourth-order valence-corrected chi connectivity index (χ4v) is 3.47. The van der Waals surface area contributed by atoms with Gasteiger partial charge in [-0.1, -0.05) is 20.3 Å². The van der Waals surface area contributed by atoms with Crippen LogP contribution in [0.15, 0.2) is 0 Å². The Labute approximate surface area is 93.0 Å². The van der Waals surface area contributed by atoms with Crippen LogP contribution in [0.4, 0.5) is 0 Å². The van der Waals surface area contributed by atoms with Gasteiger partial charge >= 0.3 is 0 Å². The lowest BCUT2D eigenvalue weighted by atomic mass is 9.90. The van der Waals surface area contributed by atoms with Gasteiger partial charge in [-0.15, -0.1) is 0 Å². The molecule has 1 heterocycles. The first-order valence-corrected chi connectivity index (χ1v) is 6.52. The van der Waals surface area contributed by atoms with Crippen molar-refractivity contribution in [2.75, 3.05) is 6.54 Å². The van der Waals surface area contributed by atoms with E-state index < -0.39 is 0 Å². The number of nitrogens with zero attached hydrogens (tertiary/aromatic N) is 1. The summed E-state index contributed by atoms with van der Waals surface area (Å²) in [5.41, 5.74) is 0.244. The molecule has 0 aromatic carbocycles. The fourth-order valence-electron chi connectivity index (χ4n) is 3.47. The predicted octanol–water partition coefficient (Wildman–Crippen LogP) is 2.97. The number of hydrogen-bond acceptors (Lipinski definition) is 1. The van der Waals surface area contributed by atoms with Crippen molar-refractivity contribution in [1.29, 1.82) is 0 Å². The smallest absolute Gasteiger partial charge is 0.223 e. The second-order valence-electron chi connectivity index (χ2n) is 5.24. The maximum absolute atomic E-state index is 11.8. The van der Waals surface area contributed by atoms with Gasteiger partial charge in [0.15, 0.2) is 0 Å². The first kappa shape index (κ1) is 11.0. The first-order chi connectivity index (χ1) is 7.22. The van der Waals surface area contributed by atoms with Gasteiger partial charge in [-0.25, -0.2) is 0 Å². The third kappa shape index (κ3) is 1.79. The molecule has 0 radical (unpaired) electrons. The van der Waals surface area contributed by atoms with E-state index in [4.69, 9.17) is 0 Å². The van der Waals surface area contributed by atoms with Crippen LogP contribution in [0.5, 0.6) is 0 Å². The van der Waals surface area contributed by atoms with E-state index in [1.165, 1.54) is 25.7 Å². The molecular weight excluding hydrogens is 186 g/mol. The minimum Gasteiger partial charge on any atom is -0.337 e. The summed E-state index contributed by atoms with van der Waals surface area (Å²) < 4.78 is 0. The van der Waals surface area contributed by atoms with E-state index in [1.54, 1.807) is 0 Å². The molecule has 0 aromatic heterocycles. The summed E-state index contributed by atoms with van der Waals surface area (Å²) in [4.78, 5) is 14.1. The Hall–Kier alpha value is -0.530. The molecule has 15 heavy (non-hydrogen) atoms. The average Bonchev–Trinajstić information content (AvgIpc) is 2.84. The van der Waals surface area contributed by atoms with Gasteiger partial charge in [0.25, 0.3) is 0 Å². The normalized spacial score (nSPS) is 36.5. The Kier molecular flexibility index (Phi) is 3.03. The SMILES string of the molecule is CC[C@@H]1CC[C@](CC)(N2CCCC2=O)C1. The van der Waals surface area contributed by atoms with Crippen LogP contribution in [-0.4, -0.2) is 22.9 Å². The number of hydrogen-bond donors (Lipinski definition) is 0. The maximum Gasteiger partial charge on any atom is 0.223 e. The molecule has 0 spiro atoms. The second kappa shape index (κ2) is 4.15. The number of carbonyl (C=O) groups excluding carboxylic acids is 1. The van der Waals surface area contributed by atoms with Crippen molar-refractivity contribution in [3.63, 3.8) is 0 Å². The zero-order chi connectivity index (χ0) is 10.9. The Morgan fingerprint density at radius 1 is 1.47 bits per heavy atom. The molecule has 2 rings (SSSR count). The average molecular weight is 209 g/mol. The molecule has 1 saturated carbocycles. The van der Waals surface area contributed by atoms with Crippen LogP contribution in [0.3, 0.4) is 0 Å². The van der Waals surface area contributed by atoms with Crippen LogP contribution < -0.4 is 0 Å². The maximum atomic E-state index is 11.8. The van der Waals surface area contributed by atoms with Crippen molar-refractivity contribution in [3.8, 4) is 0 Å². The van der Waals surface area contributed by atoms with Crippen molar-refractivity contribution < 1.29 is 4.79 Å². The van der Waals surface area contributed by atoms with Gasteiger partial charge in [-0.05, 0) is 38.0 Å². The molecule has 1 aliphatic heterocycles. The van der Waals surface area contributed by atoms with Crippen LogP contribution >= 0.6 is 0 Å². The van der Waals surface area contributed by atoms with E-state index in [1.807, 2.05) is 0 Å². The van der Waals surface area contributed by atoms with Crippen LogP contribution in [0.25, 0.3) is 0 Å². The summed E-state index contributed by atoms with van der Waals surface area (Å²) in [6.45, 7) is 5.55. The Morgan fingerprint density at radius 3 is 2.73 bits per heavy atom. The number of carbonyl (C=O) groups is 1. The fraction of sp³-hybridized carbons (Fsp3) is 0.923. The quantitative estimate of drug-likeness (QED) is 0.699. The highest BCUT2D eigenvalue weighted by Gasteiger charge is 2.44. The minimum atomic E-state index is 0.244. The molecule has 1 saturated heterocycles. The highest BCUT2D eigenvalue weighted by Crippen LogP contribution is 2.44. The predicted molar refractivity (Wildman–Crippen MR) is 61.6 cm³/mol. The van der Waals surface area contributed by atoms with E-state index >= 15 is 0 Å². The largest absolute Gasteiger partial charge is 0.337 e. The molecule has 2 aliphatic rings. The molecule has 0 N–H and O–H groups in total. The van der Waals surface area contributed by atoms with Crippen molar-refractivity contribution in [2.45, 2.75) is 64.3 Å². The molecule has 0 aromatic rings. The molecule has 86 valence electrons. The van der Waals surface area contributed by atoms with Gasteiger partial charge < -0.3 is 4.90 Å². The lowest BCUT2D eigenvalue weighted by Crippen LogP contribution is -2.47. The van der Waals surface area contributed by atoms with Crippen LogP contribution in [-0.2, 0) is 4.79 Å². The Bertz CT molecular complexity index is 251. The number of amides is 1. The first-order valence-electron chi connectivity index (χ1n) is 6.52. The number of rotatable bonds is 3. The van der Waals surface area contributed by atoms with Gasteiger partial charge in [0.1, 0.15) is 0 Å². The molecule has 0 bridgehead atoms. The molecule has 2 nitrogen and oxygen atoms in total. The molecular formula is C13H23NO. The lowest BCUT2D eigenvalue weighted by Gasteiger charge is -2.38. The van der Waals surface area contributed by atoms with Crippen LogP contribution in [0.2, 0.25) is 0 Å². The van der Waals surface area contributed by atoms with Crippen LogP contribution in [0.1, 0.15) is 58.8 Å². The van der Waals surface area contributed by atoms with E-state index in [0.717, 1.165) is 31.7 Å². The standard InChI is InChI=1S/C13H23NO/c1-3-11-7-8-13(4-2,10-11)14-9-5-6-12(14)15/h11H,3-10H2,1-2H3/t11-,13+/m1/s1. The van der Waals surface area contributed by atoms with Crippen molar-refractivity contribution in [2.24, 2.45) is 5.92 Å². The highest BCUT2D eigenvalue weighted by molar-refractivity contribution is 5.79. The summed E-state index contributed by atoms with van der Waals surface area (Å²) in [6, 6.07) is 0. The van der Waals surface area contributed by atoms with Crippen molar-refractivity contribution in [3.05, 3.63) is 0 Å². The van der Waals surface area contributed by atoms with Crippen molar-refractivity contribution in [1.82, 2.24) is 4.90 Å². The van der Waals surface area contributed by atoms with Gasteiger partial charge in [-0.2, -0.15) is 0 Å². The van der Waals surface area contributed by atoms with E-state index in [9.17, 15) is 4.79 Å². The Morgan fingerprint density at radius 2 is 2.27 bits per heavy atom. The van der Waals surface area contributed by atoms with E-state index in [2.05, 4.69) is 18.7 Å². The third-order valence-electron chi connectivity index (χ3n) is 4.57. The molecule has 0 unspecified atom stereocenters. The van der Waals surface area contributed by atoms with Crippen molar-refractivity contribution >= 4 is 5.91 Å². The van der Waals surface area contributed by atoms with Gasteiger partial charge in [0.2, 0.25) is 5.91 Å². The van der Waals surface area contributed by atoms with Gasteiger partial charge in [-0.3, -0.25) is 4.79 Å². The minimum absolute atomic E-state index is 0.244. The topological polar surface area (TPSA) is 20.3 Å². The summed E-state index contributed by atoms with van der Waals surface area (Å²) >= 11 is 0. The summed E-state index contributed by atoms with van der Waals surface area (Å²) in [6.07, 6.45) is 8.13. The summed E-state index contributed by atoms with van der Waals surface area (Å²) in [7, 11) is 0. The molecule has 2 fully saturated rings. The monoisotopic (exact) mass is 209 g/mol. The Balaban J connectivity index is 2.12. The van der Waals surface area contributed by atoms with Crippen LogP contribution in [0, 0.1) is 5.92 Å². The molecule has 1 amide bonds. The van der Waals surface area contributed by atoms with E-state index in [-0.39, 0.29) is 5.54 Å². The lowest BCUT2D eigenvalue weighted by molar-refractivity contribution is -0.133. The molecule has 2 atom stereocenters. The molecule has 1 aliphatic carbocycles. The van der Waals surface area contributed by atoms with E-state index in [0.29, 0.717) is 5.91 Å². The van der Waals surface area contributed by atoms with Gasteiger partial charge in [0, 0.05) is 18.5 Å². The molecule has 2 heteroatoms. The highest BCUT2D eigenvalue weighted by atomic mass is 16.2.